The van der Waals surface area contributed by atoms with Gasteiger partial charge in [-0.3, -0.25) is 4.79 Å². The summed E-state index contributed by atoms with van der Waals surface area (Å²) < 4.78 is 4.93. The van der Waals surface area contributed by atoms with Gasteiger partial charge in [0.1, 0.15) is 0 Å². The Hall–Kier alpha value is -0.320. The van der Waals surface area contributed by atoms with Crippen molar-refractivity contribution in [3.05, 3.63) is 0 Å². The highest BCUT2D eigenvalue weighted by Crippen LogP contribution is 2.18. The zero-order valence-electron chi connectivity index (χ0n) is 10.9. The third kappa shape index (κ3) is 6.30. The highest BCUT2D eigenvalue weighted by molar-refractivity contribution is 5.85. The molecule has 0 aromatic carbocycles. The molecule has 0 aliphatic heterocycles. The molecule has 2 N–H and O–H groups in total. The van der Waals surface area contributed by atoms with Crippen LogP contribution in [0.3, 0.4) is 0 Å². The van der Waals surface area contributed by atoms with E-state index >= 15 is 0 Å². The largest absolute Gasteiger partial charge is 0.385 e. The molecule has 0 saturated heterocycles. The molecule has 0 spiro atoms. The number of hydrogen-bond donors (Lipinski definition) is 1. The first kappa shape index (κ1) is 18.1. The second-order valence-corrected chi connectivity index (χ2v) is 4.95. The summed E-state index contributed by atoms with van der Waals surface area (Å²) >= 11 is 0. The maximum atomic E-state index is 11.8. The molecule has 4 nitrogen and oxygen atoms in total. The lowest BCUT2D eigenvalue weighted by Gasteiger charge is -2.29. The Balaban J connectivity index is 0. The van der Waals surface area contributed by atoms with Crippen molar-refractivity contribution in [3.8, 4) is 0 Å². The number of halogens is 1. The van der Waals surface area contributed by atoms with Crippen LogP contribution in [-0.4, -0.2) is 44.2 Å². The summed E-state index contributed by atoms with van der Waals surface area (Å²) in [7, 11) is 3.44. The molecule has 0 aliphatic rings. The van der Waals surface area contributed by atoms with Crippen LogP contribution in [0.15, 0.2) is 0 Å². The molecule has 16 heavy (non-hydrogen) atoms. The molecule has 0 bridgehead atoms. The number of carbonyl (C=O) groups excluding carboxylic acids is 1. The molecular weight excluding hydrogens is 228 g/mol. The van der Waals surface area contributed by atoms with Gasteiger partial charge in [-0.05, 0) is 11.8 Å². The average Bonchev–Trinajstić information content (AvgIpc) is 2.14. The number of rotatable bonds is 5. The van der Waals surface area contributed by atoms with Crippen LogP contribution in [0.25, 0.3) is 0 Å². The van der Waals surface area contributed by atoms with Gasteiger partial charge in [-0.25, -0.2) is 0 Å². The van der Waals surface area contributed by atoms with Crippen LogP contribution in [0.4, 0.5) is 0 Å². The molecule has 0 heterocycles. The number of ether oxygens (including phenoxy) is 1. The third-order valence-corrected chi connectivity index (χ3v) is 2.42. The average molecular weight is 253 g/mol. The van der Waals surface area contributed by atoms with Gasteiger partial charge in [0.05, 0.1) is 6.04 Å². The van der Waals surface area contributed by atoms with Gasteiger partial charge in [0.2, 0.25) is 5.91 Å². The van der Waals surface area contributed by atoms with Crippen LogP contribution in [0.1, 0.15) is 27.2 Å². The van der Waals surface area contributed by atoms with Crippen molar-refractivity contribution in [1.82, 2.24) is 4.90 Å². The topological polar surface area (TPSA) is 55.6 Å². The van der Waals surface area contributed by atoms with Crippen molar-refractivity contribution in [1.29, 1.82) is 0 Å². The van der Waals surface area contributed by atoms with Crippen molar-refractivity contribution < 1.29 is 9.53 Å². The van der Waals surface area contributed by atoms with Crippen LogP contribution in [0.5, 0.6) is 0 Å². The third-order valence-electron chi connectivity index (χ3n) is 2.42. The fourth-order valence-corrected chi connectivity index (χ4v) is 1.16. The monoisotopic (exact) mass is 252 g/mol. The van der Waals surface area contributed by atoms with Gasteiger partial charge in [-0.15, -0.1) is 12.4 Å². The van der Waals surface area contributed by atoms with E-state index in [-0.39, 0.29) is 23.7 Å². The first-order valence-electron chi connectivity index (χ1n) is 5.30. The molecular formula is C11H25ClN2O2. The Morgan fingerprint density at radius 1 is 1.44 bits per heavy atom. The Bertz CT molecular complexity index is 205. The highest BCUT2D eigenvalue weighted by Gasteiger charge is 2.29. The summed E-state index contributed by atoms with van der Waals surface area (Å²) in [6, 6.07) is -0.440. The molecule has 0 aliphatic carbocycles. The molecule has 98 valence electrons. The minimum Gasteiger partial charge on any atom is -0.385 e. The van der Waals surface area contributed by atoms with Gasteiger partial charge < -0.3 is 15.4 Å². The smallest absolute Gasteiger partial charge is 0.239 e. The van der Waals surface area contributed by atoms with E-state index in [1.165, 1.54) is 0 Å². The molecule has 0 unspecified atom stereocenters. The van der Waals surface area contributed by atoms with E-state index in [2.05, 4.69) is 0 Å². The van der Waals surface area contributed by atoms with Crippen molar-refractivity contribution in [2.75, 3.05) is 27.3 Å². The zero-order valence-corrected chi connectivity index (χ0v) is 11.8. The molecule has 0 fully saturated rings. The van der Waals surface area contributed by atoms with Crippen molar-refractivity contribution >= 4 is 18.3 Å². The number of carbonyl (C=O) groups is 1. The van der Waals surface area contributed by atoms with E-state index in [1.807, 2.05) is 20.8 Å². The predicted octanol–water partition coefficient (Wildman–Crippen LogP) is 1.28. The lowest BCUT2D eigenvalue weighted by atomic mass is 9.86. The summed E-state index contributed by atoms with van der Waals surface area (Å²) in [5.41, 5.74) is 5.69. The maximum absolute atomic E-state index is 11.8. The van der Waals surface area contributed by atoms with Crippen LogP contribution in [-0.2, 0) is 9.53 Å². The first-order valence-corrected chi connectivity index (χ1v) is 5.30. The van der Waals surface area contributed by atoms with Gasteiger partial charge in [0, 0.05) is 27.3 Å². The Kier molecular flexibility index (Phi) is 8.88. The van der Waals surface area contributed by atoms with E-state index < -0.39 is 6.04 Å². The lowest BCUT2D eigenvalue weighted by Crippen LogP contribution is -2.49. The number of hydrogen-bond acceptors (Lipinski definition) is 3. The highest BCUT2D eigenvalue weighted by atomic mass is 35.5. The normalized spacial score (nSPS) is 12.9. The summed E-state index contributed by atoms with van der Waals surface area (Å²) in [6.07, 6.45) is 0.843. The van der Waals surface area contributed by atoms with Crippen LogP contribution in [0, 0.1) is 5.41 Å². The fourth-order valence-electron chi connectivity index (χ4n) is 1.16. The molecule has 5 heteroatoms. The number of nitrogens with zero attached hydrogens (tertiary/aromatic N) is 1. The number of nitrogens with two attached hydrogens (primary N) is 1. The van der Waals surface area contributed by atoms with E-state index in [4.69, 9.17) is 10.5 Å². The standard InChI is InChI=1S/C11H24N2O2.ClH/c1-11(2,3)9(12)10(14)13(4)7-6-8-15-5;/h9H,6-8,12H2,1-5H3;1H/t9-;/m1./s1. The SMILES string of the molecule is COCCCN(C)C(=O)[C@@H](N)C(C)(C)C.Cl. The Morgan fingerprint density at radius 3 is 2.31 bits per heavy atom. The van der Waals surface area contributed by atoms with Gasteiger partial charge in [0.15, 0.2) is 0 Å². The fraction of sp³-hybridized carbons (Fsp3) is 0.909. The Labute approximate surface area is 105 Å². The summed E-state index contributed by atoms with van der Waals surface area (Å²) in [5.74, 6) is -0.00129. The van der Waals surface area contributed by atoms with Gasteiger partial charge in [-0.1, -0.05) is 20.8 Å². The van der Waals surface area contributed by atoms with E-state index in [1.54, 1.807) is 19.1 Å². The van der Waals surface area contributed by atoms with Crippen LogP contribution >= 0.6 is 12.4 Å². The zero-order chi connectivity index (χ0) is 12.1. The van der Waals surface area contributed by atoms with Crippen molar-refractivity contribution in [2.45, 2.75) is 33.2 Å². The number of methoxy groups -OCH3 is 1. The molecule has 0 aromatic rings. The molecule has 0 radical (unpaired) electrons. The minimum atomic E-state index is -0.440. The molecule has 0 saturated carbocycles. The van der Waals surface area contributed by atoms with Crippen molar-refractivity contribution in [3.63, 3.8) is 0 Å². The van der Waals surface area contributed by atoms with Gasteiger partial charge >= 0.3 is 0 Å². The van der Waals surface area contributed by atoms with Crippen molar-refractivity contribution in [2.24, 2.45) is 11.1 Å². The van der Waals surface area contributed by atoms with E-state index in [0.29, 0.717) is 13.2 Å². The number of amides is 1. The summed E-state index contributed by atoms with van der Waals surface area (Å²) in [6.45, 7) is 7.27. The quantitative estimate of drug-likeness (QED) is 0.750. The molecule has 0 rings (SSSR count). The second-order valence-electron chi connectivity index (χ2n) is 4.95. The van der Waals surface area contributed by atoms with Gasteiger partial charge in [0.25, 0.3) is 0 Å². The van der Waals surface area contributed by atoms with Crippen LogP contribution < -0.4 is 5.73 Å². The lowest BCUT2D eigenvalue weighted by molar-refractivity contribution is -0.133. The molecule has 1 atom stereocenters. The maximum Gasteiger partial charge on any atom is 0.239 e. The van der Waals surface area contributed by atoms with Crippen LogP contribution in [0.2, 0.25) is 0 Å². The first-order chi connectivity index (χ1) is 6.80. The minimum absolute atomic E-state index is 0. The molecule has 1 amide bonds. The summed E-state index contributed by atoms with van der Waals surface area (Å²) in [4.78, 5) is 13.5. The summed E-state index contributed by atoms with van der Waals surface area (Å²) in [5, 5.41) is 0. The molecule has 0 aromatic heterocycles. The Morgan fingerprint density at radius 2 is 1.94 bits per heavy atom. The number of likely N-dealkylation sites (N-methyl/N-ethyl adjacent to an activating group) is 1. The van der Waals surface area contributed by atoms with Gasteiger partial charge in [-0.2, -0.15) is 0 Å². The second kappa shape index (κ2) is 7.87. The predicted molar refractivity (Wildman–Crippen MR) is 68.8 cm³/mol. The van der Waals surface area contributed by atoms with E-state index in [0.717, 1.165) is 6.42 Å². The van der Waals surface area contributed by atoms with E-state index in [9.17, 15) is 4.79 Å².